The van der Waals surface area contributed by atoms with Crippen molar-refractivity contribution in [2.75, 3.05) is 7.11 Å². The summed E-state index contributed by atoms with van der Waals surface area (Å²) in [6, 6.07) is 13.5. The van der Waals surface area contributed by atoms with Gasteiger partial charge in [-0.15, -0.1) is 0 Å². The van der Waals surface area contributed by atoms with E-state index in [2.05, 4.69) is 5.16 Å². The van der Waals surface area contributed by atoms with E-state index < -0.39 is 6.43 Å². The molecule has 0 spiro atoms. The van der Waals surface area contributed by atoms with Gasteiger partial charge in [0.05, 0.1) is 13.3 Å². The Balaban J connectivity index is 1.93. The van der Waals surface area contributed by atoms with E-state index in [1.165, 1.54) is 12.3 Å². The molecule has 0 radical (unpaired) electrons. The summed E-state index contributed by atoms with van der Waals surface area (Å²) in [7, 11) is 1.59. The summed E-state index contributed by atoms with van der Waals surface area (Å²) in [6.45, 7) is 0.00711. The summed E-state index contributed by atoms with van der Waals surface area (Å²) in [5.41, 5.74) is 1.23. The van der Waals surface area contributed by atoms with Crippen molar-refractivity contribution in [2.24, 2.45) is 5.16 Å². The smallest absolute Gasteiger partial charge is 0.264 e. The van der Waals surface area contributed by atoms with Crippen molar-refractivity contribution in [3.05, 3.63) is 65.2 Å². The van der Waals surface area contributed by atoms with Crippen molar-refractivity contribution in [3.8, 4) is 5.75 Å². The molecule has 2 rings (SSSR count). The summed E-state index contributed by atoms with van der Waals surface area (Å²) in [6.07, 6.45) is -1.000. The van der Waals surface area contributed by atoms with E-state index in [-0.39, 0.29) is 12.2 Å². The molecule has 0 saturated carbocycles. The number of ether oxygens (including phenoxy) is 1. The fourth-order valence-electron chi connectivity index (χ4n) is 1.77. The second-order valence-corrected chi connectivity index (χ2v) is 4.28. The van der Waals surface area contributed by atoms with Crippen LogP contribution in [0.5, 0.6) is 5.75 Å². The van der Waals surface area contributed by atoms with E-state index in [1.807, 2.05) is 12.1 Å². The molecule has 0 amide bonds. The molecule has 5 heteroatoms. The van der Waals surface area contributed by atoms with Gasteiger partial charge in [-0.1, -0.05) is 29.4 Å². The van der Waals surface area contributed by atoms with E-state index in [9.17, 15) is 8.78 Å². The van der Waals surface area contributed by atoms with Crippen molar-refractivity contribution in [2.45, 2.75) is 13.0 Å². The summed E-state index contributed by atoms with van der Waals surface area (Å²) in [5, 5.41) is 3.78. The molecular formula is C16H15F2NO2. The Hall–Kier alpha value is -2.43. The monoisotopic (exact) mass is 291 g/mol. The van der Waals surface area contributed by atoms with Crippen LogP contribution in [0.1, 0.15) is 23.1 Å². The van der Waals surface area contributed by atoms with Crippen LogP contribution in [0.2, 0.25) is 0 Å². The predicted octanol–water partition coefficient (Wildman–Crippen LogP) is 4.18. The number of benzene rings is 2. The predicted molar refractivity (Wildman–Crippen MR) is 76.8 cm³/mol. The first-order valence-corrected chi connectivity index (χ1v) is 6.36. The molecule has 110 valence electrons. The van der Waals surface area contributed by atoms with Gasteiger partial charge >= 0.3 is 0 Å². The van der Waals surface area contributed by atoms with E-state index >= 15 is 0 Å². The Bertz CT molecular complexity index is 597. The van der Waals surface area contributed by atoms with Crippen LogP contribution in [0.3, 0.4) is 0 Å². The van der Waals surface area contributed by atoms with Gasteiger partial charge in [-0.25, -0.2) is 8.78 Å². The van der Waals surface area contributed by atoms with Gasteiger partial charge in [-0.3, -0.25) is 0 Å². The van der Waals surface area contributed by atoms with E-state index in [0.29, 0.717) is 5.56 Å². The highest BCUT2D eigenvalue weighted by Crippen LogP contribution is 2.23. The minimum Gasteiger partial charge on any atom is -0.497 e. The Morgan fingerprint density at radius 2 is 1.81 bits per heavy atom. The molecule has 0 saturated heterocycles. The van der Waals surface area contributed by atoms with Gasteiger partial charge in [-0.2, -0.15) is 0 Å². The minimum absolute atomic E-state index is 0.00711. The highest BCUT2D eigenvalue weighted by molar-refractivity contribution is 5.79. The van der Waals surface area contributed by atoms with Gasteiger partial charge < -0.3 is 9.57 Å². The van der Waals surface area contributed by atoms with E-state index in [1.54, 1.807) is 37.4 Å². The van der Waals surface area contributed by atoms with E-state index in [0.717, 1.165) is 11.3 Å². The number of rotatable bonds is 6. The molecular weight excluding hydrogens is 276 g/mol. The highest BCUT2D eigenvalue weighted by atomic mass is 19.3. The molecule has 0 aliphatic carbocycles. The van der Waals surface area contributed by atoms with Crippen LogP contribution in [0.4, 0.5) is 8.78 Å². The standard InChI is InChI=1S/C16H15F2NO2/c1-20-14-8-6-12(7-9-14)10-19-21-11-13-4-2-3-5-15(13)16(17)18/h2-10,16H,11H2,1H3. The third kappa shape index (κ3) is 4.27. The maximum atomic E-state index is 12.8. The fourth-order valence-corrected chi connectivity index (χ4v) is 1.77. The van der Waals surface area contributed by atoms with Crippen LogP contribution >= 0.6 is 0 Å². The summed E-state index contributed by atoms with van der Waals surface area (Å²) in [5.74, 6) is 0.749. The third-order valence-electron chi connectivity index (χ3n) is 2.90. The molecule has 0 atom stereocenters. The number of hydrogen-bond donors (Lipinski definition) is 0. The molecule has 21 heavy (non-hydrogen) atoms. The second kappa shape index (κ2) is 7.38. The second-order valence-electron chi connectivity index (χ2n) is 4.28. The van der Waals surface area contributed by atoms with Crippen molar-refractivity contribution < 1.29 is 18.4 Å². The molecule has 0 heterocycles. The Labute approximate surface area is 121 Å². The van der Waals surface area contributed by atoms with Gasteiger partial charge in [0.15, 0.2) is 0 Å². The quantitative estimate of drug-likeness (QED) is 0.590. The van der Waals surface area contributed by atoms with Crippen molar-refractivity contribution in [3.63, 3.8) is 0 Å². The lowest BCUT2D eigenvalue weighted by molar-refractivity contribution is 0.120. The molecule has 0 aliphatic heterocycles. The van der Waals surface area contributed by atoms with Crippen LogP contribution in [0.25, 0.3) is 0 Å². The van der Waals surface area contributed by atoms with Crippen LogP contribution in [-0.2, 0) is 11.4 Å². The van der Waals surface area contributed by atoms with E-state index in [4.69, 9.17) is 9.57 Å². The normalized spacial score (nSPS) is 11.0. The Morgan fingerprint density at radius 3 is 2.48 bits per heavy atom. The Kier molecular flexibility index (Phi) is 5.26. The largest absolute Gasteiger partial charge is 0.497 e. The highest BCUT2D eigenvalue weighted by Gasteiger charge is 2.11. The Morgan fingerprint density at radius 1 is 1.10 bits per heavy atom. The fraction of sp³-hybridized carbons (Fsp3) is 0.188. The maximum Gasteiger partial charge on any atom is 0.264 e. The first kappa shape index (κ1) is 15.0. The van der Waals surface area contributed by atoms with Crippen molar-refractivity contribution in [1.82, 2.24) is 0 Å². The number of halogens is 2. The zero-order valence-electron chi connectivity index (χ0n) is 11.5. The average molecular weight is 291 g/mol. The van der Waals surface area contributed by atoms with Gasteiger partial charge in [0.2, 0.25) is 0 Å². The van der Waals surface area contributed by atoms with Gasteiger partial charge in [0.25, 0.3) is 6.43 Å². The third-order valence-corrected chi connectivity index (χ3v) is 2.90. The molecule has 2 aromatic rings. The molecule has 0 unspecified atom stereocenters. The SMILES string of the molecule is COc1ccc(C=NOCc2ccccc2C(F)F)cc1. The lowest BCUT2D eigenvalue weighted by Crippen LogP contribution is -1.96. The molecule has 0 aromatic heterocycles. The van der Waals surface area contributed by atoms with Gasteiger partial charge in [0, 0.05) is 11.1 Å². The maximum absolute atomic E-state index is 12.8. The molecule has 0 aliphatic rings. The van der Waals surface area contributed by atoms with Crippen molar-refractivity contribution in [1.29, 1.82) is 0 Å². The van der Waals surface area contributed by atoms with Crippen LogP contribution in [0.15, 0.2) is 53.7 Å². The van der Waals surface area contributed by atoms with Crippen LogP contribution in [0, 0.1) is 0 Å². The number of alkyl halides is 2. The summed E-state index contributed by atoms with van der Waals surface area (Å²) < 4.78 is 30.6. The zero-order chi connectivity index (χ0) is 15.1. The lowest BCUT2D eigenvalue weighted by Gasteiger charge is -2.06. The molecule has 2 aromatic carbocycles. The first-order valence-electron chi connectivity index (χ1n) is 6.36. The van der Waals surface area contributed by atoms with Crippen molar-refractivity contribution >= 4 is 6.21 Å². The number of methoxy groups -OCH3 is 1. The lowest BCUT2D eigenvalue weighted by atomic mass is 10.1. The van der Waals surface area contributed by atoms with Crippen LogP contribution < -0.4 is 4.74 Å². The zero-order valence-corrected chi connectivity index (χ0v) is 11.5. The molecule has 0 bridgehead atoms. The summed E-state index contributed by atoms with van der Waals surface area (Å²) in [4.78, 5) is 5.08. The number of hydrogen-bond acceptors (Lipinski definition) is 3. The summed E-state index contributed by atoms with van der Waals surface area (Å²) >= 11 is 0. The number of nitrogens with zero attached hydrogens (tertiary/aromatic N) is 1. The molecule has 0 fully saturated rings. The van der Waals surface area contributed by atoms with Crippen LogP contribution in [-0.4, -0.2) is 13.3 Å². The first-order chi connectivity index (χ1) is 10.2. The topological polar surface area (TPSA) is 30.8 Å². The van der Waals surface area contributed by atoms with Gasteiger partial charge in [0.1, 0.15) is 12.4 Å². The minimum atomic E-state index is -2.52. The average Bonchev–Trinajstić information content (AvgIpc) is 2.52. The van der Waals surface area contributed by atoms with Gasteiger partial charge in [-0.05, 0) is 29.8 Å². The molecule has 0 N–H and O–H groups in total. The number of oxime groups is 1. The molecule has 3 nitrogen and oxygen atoms in total.